The van der Waals surface area contributed by atoms with Crippen molar-refractivity contribution in [1.82, 2.24) is 0 Å². The van der Waals surface area contributed by atoms with Crippen LogP contribution < -0.4 is 0 Å². The van der Waals surface area contributed by atoms with Gasteiger partial charge in [0.1, 0.15) is 0 Å². The van der Waals surface area contributed by atoms with Crippen molar-refractivity contribution in [3.63, 3.8) is 0 Å². The van der Waals surface area contributed by atoms with Crippen LogP contribution >= 0.6 is 0 Å². The van der Waals surface area contributed by atoms with Gasteiger partial charge in [-0.3, -0.25) is 0 Å². The van der Waals surface area contributed by atoms with E-state index in [1.54, 1.807) is 0 Å². The molecule has 0 heterocycles. The molecule has 4 heteroatoms. The van der Waals surface area contributed by atoms with Gasteiger partial charge in [-0.15, -0.1) is 0 Å². The molecule has 1 aromatic carbocycles. The minimum atomic E-state index is -4.30. The van der Waals surface area contributed by atoms with Crippen molar-refractivity contribution in [2.75, 3.05) is 0 Å². The number of benzene rings is 1. The summed E-state index contributed by atoms with van der Waals surface area (Å²) in [6.07, 6.45) is -0.945. The lowest BCUT2D eigenvalue weighted by atomic mass is 9.79. The van der Waals surface area contributed by atoms with E-state index in [2.05, 4.69) is 0 Å². The first-order chi connectivity index (χ1) is 8.48. The van der Waals surface area contributed by atoms with Gasteiger partial charge in [0.15, 0.2) is 0 Å². The number of aliphatic hydroxyl groups is 1. The zero-order chi connectivity index (χ0) is 12.9. The Morgan fingerprint density at radius 1 is 1.06 bits per heavy atom. The first kappa shape index (κ1) is 12.0. The smallest absolute Gasteiger partial charge is 0.388 e. The van der Waals surface area contributed by atoms with E-state index in [4.69, 9.17) is 0 Å². The molecule has 18 heavy (non-hydrogen) atoms. The zero-order valence-electron chi connectivity index (χ0n) is 9.87. The van der Waals surface area contributed by atoms with Crippen molar-refractivity contribution in [2.45, 2.75) is 43.9 Å². The molecule has 0 bridgehead atoms. The molecule has 0 aliphatic heterocycles. The highest BCUT2D eigenvalue weighted by Gasteiger charge is 2.42. The Kier molecular flexibility index (Phi) is 2.66. The van der Waals surface area contributed by atoms with Gasteiger partial charge < -0.3 is 5.11 Å². The summed E-state index contributed by atoms with van der Waals surface area (Å²) >= 11 is 0. The molecule has 0 saturated heterocycles. The van der Waals surface area contributed by atoms with Gasteiger partial charge in [0.25, 0.3) is 0 Å². The SMILES string of the molecule is OC1c2ccc(C(F)(F)F)cc2C2CCCCC12. The van der Waals surface area contributed by atoms with E-state index in [1.807, 2.05) is 0 Å². The van der Waals surface area contributed by atoms with Gasteiger partial charge in [0.05, 0.1) is 11.7 Å². The van der Waals surface area contributed by atoms with Crippen LogP contribution in [-0.4, -0.2) is 5.11 Å². The summed E-state index contributed by atoms with van der Waals surface area (Å²) in [6, 6.07) is 3.79. The van der Waals surface area contributed by atoms with E-state index < -0.39 is 17.8 Å². The molecule has 0 aromatic heterocycles. The molecule has 98 valence electrons. The molecule has 2 aliphatic carbocycles. The van der Waals surface area contributed by atoms with E-state index in [-0.39, 0.29) is 11.8 Å². The second-order valence-corrected chi connectivity index (χ2v) is 5.34. The van der Waals surface area contributed by atoms with Crippen molar-refractivity contribution in [1.29, 1.82) is 0 Å². The molecule has 3 rings (SSSR count). The number of rotatable bonds is 0. The Morgan fingerprint density at radius 3 is 2.50 bits per heavy atom. The highest BCUT2D eigenvalue weighted by atomic mass is 19.4. The molecule has 0 spiro atoms. The Morgan fingerprint density at radius 2 is 1.78 bits per heavy atom. The molecule has 1 aromatic rings. The summed E-state index contributed by atoms with van der Waals surface area (Å²) in [7, 11) is 0. The number of fused-ring (bicyclic) bond motifs is 3. The van der Waals surface area contributed by atoms with Crippen LogP contribution in [0.2, 0.25) is 0 Å². The minimum absolute atomic E-state index is 0.117. The summed E-state index contributed by atoms with van der Waals surface area (Å²) in [5.74, 6) is 0.239. The number of aliphatic hydroxyl groups excluding tert-OH is 1. The van der Waals surface area contributed by atoms with Gasteiger partial charge in [-0.25, -0.2) is 0 Å². The van der Waals surface area contributed by atoms with Crippen LogP contribution in [0.3, 0.4) is 0 Å². The first-order valence-corrected chi connectivity index (χ1v) is 6.37. The van der Waals surface area contributed by atoms with Gasteiger partial charge >= 0.3 is 6.18 Å². The quantitative estimate of drug-likeness (QED) is 0.743. The van der Waals surface area contributed by atoms with Crippen LogP contribution in [0, 0.1) is 5.92 Å². The number of hydrogen-bond donors (Lipinski definition) is 1. The monoisotopic (exact) mass is 256 g/mol. The molecule has 3 atom stereocenters. The van der Waals surface area contributed by atoms with E-state index in [0.29, 0.717) is 5.56 Å². The number of alkyl halides is 3. The Hall–Kier alpha value is -1.03. The van der Waals surface area contributed by atoms with Crippen molar-refractivity contribution in [3.05, 3.63) is 34.9 Å². The number of hydrogen-bond acceptors (Lipinski definition) is 1. The summed E-state index contributed by atoms with van der Waals surface area (Å²) in [4.78, 5) is 0. The maximum atomic E-state index is 12.7. The molecule has 0 radical (unpaired) electrons. The fraction of sp³-hybridized carbons (Fsp3) is 0.571. The van der Waals surface area contributed by atoms with Gasteiger partial charge in [-0.1, -0.05) is 18.9 Å². The van der Waals surface area contributed by atoms with E-state index in [9.17, 15) is 18.3 Å². The molecule has 2 aliphatic rings. The zero-order valence-corrected chi connectivity index (χ0v) is 9.87. The summed E-state index contributed by atoms with van der Waals surface area (Å²) in [5, 5.41) is 10.2. The topological polar surface area (TPSA) is 20.2 Å². The highest BCUT2D eigenvalue weighted by molar-refractivity contribution is 5.42. The predicted octanol–water partition coefficient (Wildman–Crippen LogP) is 4.03. The third-order valence-electron chi connectivity index (χ3n) is 4.36. The maximum Gasteiger partial charge on any atom is 0.416 e. The molecular formula is C14H15F3O. The third kappa shape index (κ3) is 1.74. The second-order valence-electron chi connectivity index (χ2n) is 5.34. The molecular weight excluding hydrogens is 241 g/mol. The summed E-state index contributed by atoms with van der Waals surface area (Å²) in [5.41, 5.74) is 0.835. The van der Waals surface area contributed by atoms with E-state index in [1.165, 1.54) is 12.1 Å². The molecule has 3 unspecified atom stereocenters. The predicted molar refractivity (Wildman–Crippen MR) is 61.1 cm³/mol. The van der Waals surface area contributed by atoms with Gasteiger partial charge in [-0.2, -0.15) is 13.2 Å². The Labute approximate surface area is 104 Å². The average Bonchev–Trinajstić information content (AvgIpc) is 2.63. The van der Waals surface area contributed by atoms with Crippen molar-refractivity contribution >= 4 is 0 Å². The van der Waals surface area contributed by atoms with E-state index >= 15 is 0 Å². The van der Waals surface area contributed by atoms with Gasteiger partial charge in [-0.05, 0) is 47.9 Å². The fourth-order valence-electron chi connectivity index (χ4n) is 3.50. The van der Waals surface area contributed by atoms with Crippen LogP contribution in [0.25, 0.3) is 0 Å². The lowest BCUT2D eigenvalue weighted by molar-refractivity contribution is -0.137. The molecule has 1 N–H and O–H groups in total. The standard InChI is InChI=1S/C14H15F3O/c15-14(16,17)8-5-6-11-12(7-8)9-3-1-2-4-10(9)13(11)18/h5-7,9-10,13,18H,1-4H2. The lowest BCUT2D eigenvalue weighted by Gasteiger charge is -2.27. The van der Waals surface area contributed by atoms with Gasteiger partial charge in [0.2, 0.25) is 0 Å². The van der Waals surface area contributed by atoms with Crippen LogP contribution in [0.4, 0.5) is 13.2 Å². The highest BCUT2D eigenvalue weighted by Crippen LogP contribution is 2.52. The van der Waals surface area contributed by atoms with Crippen LogP contribution in [0.5, 0.6) is 0 Å². The van der Waals surface area contributed by atoms with Crippen LogP contribution in [-0.2, 0) is 6.18 Å². The largest absolute Gasteiger partial charge is 0.416 e. The normalized spacial score (nSPS) is 31.0. The Bertz CT molecular complexity index is 467. The van der Waals surface area contributed by atoms with Crippen molar-refractivity contribution < 1.29 is 18.3 Å². The molecule has 1 saturated carbocycles. The van der Waals surface area contributed by atoms with Crippen molar-refractivity contribution in [3.8, 4) is 0 Å². The molecule has 1 fully saturated rings. The van der Waals surface area contributed by atoms with E-state index in [0.717, 1.165) is 37.3 Å². The summed E-state index contributed by atoms with van der Waals surface area (Å²) < 4.78 is 38.1. The molecule has 0 amide bonds. The van der Waals surface area contributed by atoms with Crippen molar-refractivity contribution in [2.24, 2.45) is 5.92 Å². The Balaban J connectivity index is 2.04. The third-order valence-corrected chi connectivity index (χ3v) is 4.36. The summed E-state index contributed by atoms with van der Waals surface area (Å²) in [6.45, 7) is 0. The average molecular weight is 256 g/mol. The lowest BCUT2D eigenvalue weighted by Crippen LogP contribution is -2.16. The second kappa shape index (κ2) is 3.98. The van der Waals surface area contributed by atoms with Crippen LogP contribution in [0.1, 0.15) is 54.4 Å². The van der Waals surface area contributed by atoms with Gasteiger partial charge in [0, 0.05) is 0 Å². The van der Waals surface area contributed by atoms with Crippen LogP contribution in [0.15, 0.2) is 18.2 Å². The maximum absolute atomic E-state index is 12.7. The minimum Gasteiger partial charge on any atom is -0.388 e. The molecule has 1 nitrogen and oxygen atoms in total. The number of halogens is 3. The first-order valence-electron chi connectivity index (χ1n) is 6.37. The fourth-order valence-corrected chi connectivity index (χ4v) is 3.50.